The van der Waals surface area contributed by atoms with Gasteiger partial charge in [0.25, 0.3) is 0 Å². The summed E-state index contributed by atoms with van der Waals surface area (Å²) in [6.45, 7) is 0. The molecule has 0 aliphatic carbocycles. The van der Waals surface area contributed by atoms with Crippen molar-refractivity contribution < 1.29 is 42.2 Å². The summed E-state index contributed by atoms with van der Waals surface area (Å²) in [6, 6.07) is -1.06. The van der Waals surface area contributed by atoms with Crippen molar-refractivity contribution in [1.82, 2.24) is 0 Å². The Hall–Kier alpha value is -0.360. The Morgan fingerprint density at radius 2 is 1.82 bits per heavy atom. The van der Waals surface area contributed by atoms with Crippen LogP contribution in [0.4, 0.5) is 0 Å². The average Bonchev–Trinajstić information content (AvgIpc) is 1.82. The van der Waals surface area contributed by atoms with E-state index >= 15 is 0 Å². The summed E-state index contributed by atoms with van der Waals surface area (Å²) in [4.78, 5) is 19.9. The molecule has 0 fully saturated rings. The van der Waals surface area contributed by atoms with Gasteiger partial charge in [-0.1, -0.05) is 0 Å². The number of rotatable bonds is 4. The summed E-state index contributed by atoms with van der Waals surface area (Å²) in [5, 5.41) is 16.3. The topological polar surface area (TPSA) is 101 Å². The molecule has 0 spiro atoms. The maximum Gasteiger partial charge on any atom is 0.320 e. The van der Waals surface area contributed by atoms with Gasteiger partial charge >= 0.3 is 11.9 Å². The molecule has 0 unspecified atom stereocenters. The van der Waals surface area contributed by atoms with Crippen molar-refractivity contribution in [1.29, 1.82) is 0 Å². The first-order valence-corrected chi connectivity index (χ1v) is 2.74. The molecule has 69 valence electrons. The van der Waals surface area contributed by atoms with Crippen LogP contribution in [0.5, 0.6) is 0 Å². The van der Waals surface area contributed by atoms with Gasteiger partial charge in [-0.05, 0) is 6.42 Å². The third-order valence-corrected chi connectivity index (χ3v) is 0.986. The zero-order valence-corrected chi connectivity index (χ0v) is 7.75. The summed E-state index contributed by atoms with van der Waals surface area (Å²) in [7, 11) is 0. The van der Waals surface area contributed by atoms with Crippen molar-refractivity contribution in [3.8, 4) is 0 Å². The molecule has 0 bridgehead atoms. The van der Waals surface area contributed by atoms with E-state index in [1.54, 1.807) is 0 Å². The largest absolute Gasteiger partial charge is 0.481 e. The van der Waals surface area contributed by atoms with Crippen LogP contribution in [0.15, 0.2) is 0 Å². The zero-order chi connectivity index (χ0) is 8.15. The average molecular weight is 344 g/mol. The van der Waals surface area contributed by atoms with Crippen molar-refractivity contribution in [2.24, 2.45) is 5.73 Å². The van der Waals surface area contributed by atoms with Gasteiger partial charge in [0.1, 0.15) is 6.04 Å². The molecule has 6 heteroatoms. The SMILES string of the molecule is N[C@@H](CCC(=O)O)C(=O)O.[Au]. The summed E-state index contributed by atoms with van der Waals surface area (Å²) in [5.41, 5.74) is 5.00. The molecular weight excluding hydrogens is 335 g/mol. The van der Waals surface area contributed by atoms with E-state index in [-0.39, 0.29) is 35.2 Å². The van der Waals surface area contributed by atoms with Gasteiger partial charge in [0.2, 0.25) is 0 Å². The van der Waals surface area contributed by atoms with E-state index < -0.39 is 18.0 Å². The molecule has 0 heterocycles. The summed E-state index contributed by atoms with van der Waals surface area (Å²) in [6.07, 6.45) is -0.224. The van der Waals surface area contributed by atoms with Crippen LogP contribution in [-0.2, 0) is 32.0 Å². The molecule has 0 saturated carbocycles. The molecular formula is C5H9AuNO4. The molecule has 0 amide bonds. The second kappa shape index (κ2) is 6.36. The van der Waals surface area contributed by atoms with E-state index in [9.17, 15) is 9.59 Å². The number of nitrogens with two attached hydrogens (primary N) is 1. The predicted molar refractivity (Wildman–Crippen MR) is 32.5 cm³/mol. The maximum absolute atomic E-state index is 9.99. The fraction of sp³-hybridized carbons (Fsp3) is 0.600. The van der Waals surface area contributed by atoms with E-state index in [1.165, 1.54) is 0 Å². The van der Waals surface area contributed by atoms with Crippen molar-refractivity contribution in [3.05, 3.63) is 0 Å². The van der Waals surface area contributed by atoms with Crippen LogP contribution < -0.4 is 5.73 Å². The Bertz CT molecular complexity index is 149. The van der Waals surface area contributed by atoms with Crippen molar-refractivity contribution in [3.63, 3.8) is 0 Å². The van der Waals surface area contributed by atoms with Crippen LogP contribution in [0, 0.1) is 0 Å². The minimum absolute atomic E-state index is 0. The monoisotopic (exact) mass is 344 g/mol. The number of carbonyl (C=O) groups is 2. The number of carboxylic acids is 2. The molecule has 0 rings (SSSR count). The first-order chi connectivity index (χ1) is 4.54. The van der Waals surface area contributed by atoms with Gasteiger partial charge in [-0.3, -0.25) is 9.59 Å². The predicted octanol–water partition coefficient (Wildman–Crippen LogP) is -0.739. The minimum atomic E-state index is -1.17. The Morgan fingerprint density at radius 1 is 1.36 bits per heavy atom. The maximum atomic E-state index is 9.99. The Kier molecular flexibility index (Phi) is 7.65. The van der Waals surface area contributed by atoms with Gasteiger partial charge in [0, 0.05) is 28.8 Å². The molecule has 0 aromatic heterocycles. The second-order valence-corrected chi connectivity index (χ2v) is 1.88. The van der Waals surface area contributed by atoms with E-state index in [0.717, 1.165) is 0 Å². The third-order valence-electron chi connectivity index (χ3n) is 0.986. The van der Waals surface area contributed by atoms with E-state index in [1.807, 2.05) is 0 Å². The third kappa shape index (κ3) is 7.54. The minimum Gasteiger partial charge on any atom is -0.481 e. The van der Waals surface area contributed by atoms with Crippen LogP contribution in [0.2, 0.25) is 0 Å². The Morgan fingerprint density at radius 3 is 2.09 bits per heavy atom. The van der Waals surface area contributed by atoms with Gasteiger partial charge in [-0.15, -0.1) is 0 Å². The Labute approximate surface area is 79.1 Å². The quantitative estimate of drug-likeness (QED) is 0.584. The van der Waals surface area contributed by atoms with Crippen molar-refractivity contribution >= 4 is 11.9 Å². The molecule has 0 aromatic carbocycles. The van der Waals surface area contributed by atoms with Crippen LogP contribution >= 0.6 is 0 Å². The molecule has 0 aliphatic heterocycles. The molecule has 5 nitrogen and oxygen atoms in total. The molecule has 1 radical (unpaired) electrons. The molecule has 11 heavy (non-hydrogen) atoms. The molecule has 0 aliphatic rings. The van der Waals surface area contributed by atoms with Gasteiger partial charge < -0.3 is 15.9 Å². The second-order valence-electron chi connectivity index (χ2n) is 1.88. The van der Waals surface area contributed by atoms with Crippen LogP contribution in [0.1, 0.15) is 12.8 Å². The normalized spacial score (nSPS) is 11.4. The fourth-order valence-corrected chi connectivity index (χ4v) is 0.402. The van der Waals surface area contributed by atoms with Crippen LogP contribution in [-0.4, -0.2) is 28.2 Å². The first-order valence-electron chi connectivity index (χ1n) is 2.74. The molecule has 0 saturated heterocycles. The van der Waals surface area contributed by atoms with Gasteiger partial charge in [-0.2, -0.15) is 0 Å². The first kappa shape index (κ1) is 13.2. The molecule has 4 N–H and O–H groups in total. The van der Waals surface area contributed by atoms with Crippen molar-refractivity contribution in [2.75, 3.05) is 0 Å². The van der Waals surface area contributed by atoms with Crippen LogP contribution in [0.25, 0.3) is 0 Å². The van der Waals surface area contributed by atoms with Crippen LogP contribution in [0.3, 0.4) is 0 Å². The van der Waals surface area contributed by atoms with Gasteiger partial charge in [-0.25, -0.2) is 0 Å². The standard InChI is InChI=1S/C5H9NO4.Au/c6-3(5(9)10)1-2-4(7)8;/h3H,1-2,6H2,(H,7,8)(H,9,10);/t3-;/m0./s1. The van der Waals surface area contributed by atoms with E-state index in [2.05, 4.69) is 0 Å². The van der Waals surface area contributed by atoms with E-state index in [0.29, 0.717) is 0 Å². The smallest absolute Gasteiger partial charge is 0.320 e. The molecule has 0 aromatic rings. The van der Waals surface area contributed by atoms with Gasteiger partial charge in [0.05, 0.1) is 0 Å². The fourth-order valence-electron chi connectivity index (χ4n) is 0.402. The van der Waals surface area contributed by atoms with Gasteiger partial charge in [0.15, 0.2) is 0 Å². The summed E-state index contributed by atoms with van der Waals surface area (Å²) < 4.78 is 0. The number of hydrogen-bond acceptors (Lipinski definition) is 3. The number of hydrogen-bond donors (Lipinski definition) is 3. The summed E-state index contributed by atoms with van der Waals surface area (Å²) >= 11 is 0. The zero-order valence-electron chi connectivity index (χ0n) is 5.58. The Balaban J connectivity index is 0. The molecule has 1 atom stereocenters. The van der Waals surface area contributed by atoms with E-state index in [4.69, 9.17) is 15.9 Å². The van der Waals surface area contributed by atoms with Crippen molar-refractivity contribution in [2.45, 2.75) is 18.9 Å². The number of carboxylic acid groups (broad SMARTS) is 2. The summed E-state index contributed by atoms with van der Waals surface area (Å²) in [5.74, 6) is -2.20. The number of aliphatic carboxylic acids is 2.